The van der Waals surface area contributed by atoms with E-state index in [-0.39, 0.29) is 11.4 Å². The number of nitrogens with one attached hydrogen (secondary N) is 2. The second-order valence-electron chi connectivity index (χ2n) is 4.01. The maximum atomic E-state index is 11.4. The average molecular weight is 166 g/mol. The van der Waals surface area contributed by atoms with E-state index in [4.69, 9.17) is 0 Å². The number of carbonyl (C=O) groups excluding carboxylic acids is 1. The van der Waals surface area contributed by atoms with Crippen molar-refractivity contribution in [1.29, 1.82) is 0 Å². The van der Waals surface area contributed by atoms with Gasteiger partial charge in [0.15, 0.2) is 5.78 Å². The fourth-order valence-corrected chi connectivity index (χ4v) is 1.84. The molecular formula is C9H14N2O. The molecule has 0 aromatic rings. The lowest BCUT2D eigenvalue weighted by atomic mass is 10.0. The van der Waals surface area contributed by atoms with Crippen LogP contribution >= 0.6 is 0 Å². The molecule has 0 spiro atoms. The van der Waals surface area contributed by atoms with Gasteiger partial charge in [0.25, 0.3) is 0 Å². The molecule has 12 heavy (non-hydrogen) atoms. The highest BCUT2D eigenvalue weighted by Crippen LogP contribution is 2.26. The van der Waals surface area contributed by atoms with Crippen molar-refractivity contribution in [2.45, 2.75) is 38.8 Å². The molecule has 0 radical (unpaired) electrons. The van der Waals surface area contributed by atoms with Gasteiger partial charge < -0.3 is 10.6 Å². The Balaban J connectivity index is 2.27. The van der Waals surface area contributed by atoms with Gasteiger partial charge in [0.1, 0.15) is 5.66 Å². The summed E-state index contributed by atoms with van der Waals surface area (Å²) in [5, 5.41) is 6.51. The molecule has 0 aromatic heterocycles. The molecule has 0 saturated carbocycles. The van der Waals surface area contributed by atoms with Crippen molar-refractivity contribution in [3.05, 3.63) is 11.4 Å². The minimum atomic E-state index is -0.134. The summed E-state index contributed by atoms with van der Waals surface area (Å²) in [5.41, 5.74) is 1.80. The highest BCUT2D eigenvalue weighted by atomic mass is 16.1. The van der Waals surface area contributed by atoms with Crippen molar-refractivity contribution >= 4 is 5.78 Å². The minimum absolute atomic E-state index is 0.134. The van der Waals surface area contributed by atoms with Gasteiger partial charge in [0.2, 0.25) is 0 Å². The first-order valence-electron chi connectivity index (χ1n) is 4.41. The van der Waals surface area contributed by atoms with Gasteiger partial charge in [0, 0.05) is 12.1 Å². The van der Waals surface area contributed by atoms with E-state index < -0.39 is 0 Å². The van der Waals surface area contributed by atoms with Crippen LogP contribution < -0.4 is 10.6 Å². The zero-order valence-corrected chi connectivity index (χ0v) is 7.53. The molecule has 1 aliphatic carbocycles. The molecule has 3 heteroatoms. The summed E-state index contributed by atoms with van der Waals surface area (Å²) >= 11 is 0. The van der Waals surface area contributed by atoms with Gasteiger partial charge >= 0.3 is 0 Å². The molecule has 2 rings (SSSR count). The van der Waals surface area contributed by atoms with Gasteiger partial charge in [0.05, 0.1) is 5.70 Å². The Morgan fingerprint density at radius 3 is 2.67 bits per heavy atom. The summed E-state index contributed by atoms with van der Waals surface area (Å²) in [5.74, 6) is 0.259. The van der Waals surface area contributed by atoms with E-state index in [9.17, 15) is 4.79 Å². The SMILES string of the molecule is CC1(C)NC2=C(N1)C(=O)CCC2. The lowest BCUT2D eigenvalue weighted by molar-refractivity contribution is -0.116. The van der Waals surface area contributed by atoms with Crippen LogP contribution in [0.25, 0.3) is 0 Å². The number of hydrogen-bond acceptors (Lipinski definition) is 3. The summed E-state index contributed by atoms with van der Waals surface area (Å²) in [7, 11) is 0. The third kappa shape index (κ3) is 1.09. The molecule has 0 atom stereocenters. The summed E-state index contributed by atoms with van der Waals surface area (Å²) in [6, 6.07) is 0. The maximum Gasteiger partial charge on any atom is 0.180 e. The molecule has 1 aliphatic heterocycles. The number of Topliss-reactive ketones (excluding diaryl/α,β-unsaturated/α-hetero) is 1. The fraction of sp³-hybridized carbons (Fsp3) is 0.667. The van der Waals surface area contributed by atoms with Crippen molar-refractivity contribution in [2.75, 3.05) is 0 Å². The van der Waals surface area contributed by atoms with Crippen molar-refractivity contribution in [3.8, 4) is 0 Å². The number of ketones is 1. The highest BCUT2D eigenvalue weighted by molar-refractivity contribution is 5.96. The maximum absolute atomic E-state index is 11.4. The summed E-state index contributed by atoms with van der Waals surface area (Å²) in [4.78, 5) is 11.4. The monoisotopic (exact) mass is 166 g/mol. The lowest BCUT2D eigenvalue weighted by Crippen LogP contribution is -2.44. The van der Waals surface area contributed by atoms with E-state index in [1.54, 1.807) is 0 Å². The first-order chi connectivity index (χ1) is 5.58. The van der Waals surface area contributed by atoms with Crippen molar-refractivity contribution in [2.24, 2.45) is 0 Å². The third-order valence-electron chi connectivity index (χ3n) is 2.31. The molecule has 0 saturated heterocycles. The Labute approximate surface area is 72.2 Å². The van der Waals surface area contributed by atoms with Crippen LogP contribution in [0.1, 0.15) is 33.1 Å². The molecule has 0 unspecified atom stereocenters. The van der Waals surface area contributed by atoms with E-state index in [2.05, 4.69) is 10.6 Å². The van der Waals surface area contributed by atoms with E-state index in [0.717, 1.165) is 24.2 Å². The largest absolute Gasteiger partial charge is 0.365 e. The second-order valence-corrected chi connectivity index (χ2v) is 4.01. The molecule has 2 N–H and O–H groups in total. The lowest BCUT2D eigenvalue weighted by Gasteiger charge is -2.21. The molecule has 1 heterocycles. The van der Waals surface area contributed by atoms with E-state index >= 15 is 0 Å². The van der Waals surface area contributed by atoms with Crippen molar-refractivity contribution in [3.63, 3.8) is 0 Å². The van der Waals surface area contributed by atoms with Crippen LogP contribution in [0, 0.1) is 0 Å². The van der Waals surface area contributed by atoms with Crippen molar-refractivity contribution < 1.29 is 4.79 Å². The van der Waals surface area contributed by atoms with Crippen LogP contribution in [0.3, 0.4) is 0 Å². The molecule has 66 valence electrons. The van der Waals surface area contributed by atoms with Gasteiger partial charge in [-0.2, -0.15) is 0 Å². The van der Waals surface area contributed by atoms with E-state index in [1.165, 1.54) is 0 Å². The van der Waals surface area contributed by atoms with Gasteiger partial charge in [-0.25, -0.2) is 0 Å². The van der Waals surface area contributed by atoms with Crippen LogP contribution in [0.2, 0.25) is 0 Å². The zero-order chi connectivity index (χ0) is 8.77. The van der Waals surface area contributed by atoms with Crippen LogP contribution in [0.15, 0.2) is 11.4 Å². The third-order valence-corrected chi connectivity index (χ3v) is 2.31. The Bertz CT molecular complexity index is 266. The molecular weight excluding hydrogens is 152 g/mol. The van der Waals surface area contributed by atoms with Crippen LogP contribution in [0.5, 0.6) is 0 Å². The van der Waals surface area contributed by atoms with E-state index in [1.807, 2.05) is 13.8 Å². The molecule has 0 amide bonds. The number of rotatable bonds is 0. The van der Waals surface area contributed by atoms with Crippen LogP contribution in [-0.2, 0) is 4.79 Å². The molecule has 3 nitrogen and oxygen atoms in total. The first kappa shape index (κ1) is 7.65. The first-order valence-corrected chi connectivity index (χ1v) is 4.41. The highest BCUT2D eigenvalue weighted by Gasteiger charge is 2.33. The minimum Gasteiger partial charge on any atom is -0.365 e. The van der Waals surface area contributed by atoms with E-state index in [0.29, 0.717) is 6.42 Å². The quantitative estimate of drug-likeness (QED) is 0.561. The summed E-state index contributed by atoms with van der Waals surface area (Å²) < 4.78 is 0. The molecule has 0 fully saturated rings. The smallest absolute Gasteiger partial charge is 0.180 e. The second kappa shape index (κ2) is 2.25. The normalized spacial score (nSPS) is 26.3. The Morgan fingerprint density at radius 2 is 2.00 bits per heavy atom. The topological polar surface area (TPSA) is 41.1 Å². The van der Waals surface area contributed by atoms with Gasteiger partial charge in [-0.3, -0.25) is 4.79 Å². The zero-order valence-electron chi connectivity index (χ0n) is 7.53. The summed E-state index contributed by atoms with van der Waals surface area (Å²) in [6.07, 6.45) is 2.70. The van der Waals surface area contributed by atoms with Crippen LogP contribution in [-0.4, -0.2) is 11.4 Å². The van der Waals surface area contributed by atoms with Gasteiger partial charge in [-0.15, -0.1) is 0 Å². The van der Waals surface area contributed by atoms with Gasteiger partial charge in [-0.1, -0.05) is 0 Å². The predicted octanol–water partition coefficient (Wildman–Crippen LogP) is 0.880. The Kier molecular flexibility index (Phi) is 1.43. The Hall–Kier alpha value is -0.990. The average Bonchev–Trinajstić information content (AvgIpc) is 2.25. The number of hydrogen-bond donors (Lipinski definition) is 2. The molecule has 0 aromatic carbocycles. The number of allylic oxidation sites excluding steroid dienone is 2. The van der Waals surface area contributed by atoms with Crippen LogP contribution in [0.4, 0.5) is 0 Å². The molecule has 0 bridgehead atoms. The Morgan fingerprint density at radius 1 is 1.25 bits per heavy atom. The summed E-state index contributed by atoms with van der Waals surface area (Å²) in [6.45, 7) is 4.08. The van der Waals surface area contributed by atoms with Gasteiger partial charge in [-0.05, 0) is 26.7 Å². The molecule has 2 aliphatic rings. The number of carbonyl (C=O) groups is 1. The van der Waals surface area contributed by atoms with Crippen molar-refractivity contribution in [1.82, 2.24) is 10.6 Å². The standard InChI is InChI=1S/C9H14N2O/c1-9(2)10-6-4-3-5-7(12)8(6)11-9/h10-11H,3-5H2,1-2H3. The predicted molar refractivity (Wildman–Crippen MR) is 46.2 cm³/mol. The fourth-order valence-electron chi connectivity index (χ4n) is 1.84.